The molecule has 1 saturated heterocycles. The summed E-state index contributed by atoms with van der Waals surface area (Å²) in [6.07, 6.45) is 2.32. The predicted molar refractivity (Wildman–Crippen MR) is 161 cm³/mol. The summed E-state index contributed by atoms with van der Waals surface area (Å²) in [6.45, 7) is 14.2. The van der Waals surface area contributed by atoms with Crippen LogP contribution in [0.4, 0.5) is 4.79 Å². The lowest BCUT2D eigenvalue weighted by Crippen LogP contribution is -2.61. The Kier molecular flexibility index (Phi) is 12.5. The van der Waals surface area contributed by atoms with E-state index in [4.69, 9.17) is 4.74 Å². The van der Waals surface area contributed by atoms with E-state index in [9.17, 15) is 28.8 Å². The minimum Gasteiger partial charge on any atom is -0.496 e. The molecule has 4 atom stereocenters. The molecule has 12 nitrogen and oxygen atoms in total. The Balaban J connectivity index is 2.18. The van der Waals surface area contributed by atoms with Crippen LogP contribution in [0.2, 0.25) is 0 Å². The van der Waals surface area contributed by atoms with Gasteiger partial charge in [-0.2, -0.15) is 0 Å². The fourth-order valence-corrected chi connectivity index (χ4v) is 4.81. The molecular formula is C31H45N5O7. The third-order valence-electron chi connectivity index (χ3n) is 7.22. The second-order valence-corrected chi connectivity index (χ2v) is 12.0. The third kappa shape index (κ3) is 9.13. The first kappa shape index (κ1) is 35.0. The Morgan fingerprint density at radius 2 is 1.70 bits per heavy atom. The number of ether oxygens (including phenoxy) is 1. The van der Waals surface area contributed by atoms with Crippen LogP contribution in [0.5, 0.6) is 5.75 Å². The molecule has 0 aliphatic carbocycles. The molecule has 1 aromatic rings. The maximum Gasteiger partial charge on any atom is 0.316 e. The summed E-state index contributed by atoms with van der Waals surface area (Å²) < 4.78 is 5.32. The normalized spacial score (nSPS) is 16.8. The molecule has 1 aromatic carbocycles. The number of carbonyl (C=O) groups is 6. The Bertz CT molecular complexity index is 1220. The van der Waals surface area contributed by atoms with Gasteiger partial charge in [-0.25, -0.2) is 4.79 Å². The van der Waals surface area contributed by atoms with Crippen molar-refractivity contribution in [2.24, 2.45) is 11.3 Å². The van der Waals surface area contributed by atoms with E-state index in [-0.39, 0.29) is 24.8 Å². The molecule has 0 aromatic heterocycles. The van der Waals surface area contributed by atoms with Gasteiger partial charge in [-0.3, -0.25) is 24.0 Å². The summed E-state index contributed by atoms with van der Waals surface area (Å²) in [5.74, 6) is -2.93. The Hall–Kier alpha value is -4.22. The molecule has 12 heteroatoms. The standard InChI is InChI=1S/C31H45N5O7/c1-9-16-32-28(40)24(37)19(4)33-27(39)21-14-12-17-36(21)29(41)26(31(5,6)7)35-30(42)34-23(18(2)3)25(38)20-13-10-11-15-22(20)43-8/h9-11,13,15,18-19,21,23,26H,1,12,14,16-17H2,2-8H3,(H,32,40)(H,33,39)(H2,34,35,42). The van der Waals surface area contributed by atoms with Gasteiger partial charge in [0.25, 0.3) is 5.91 Å². The number of hydrogen-bond acceptors (Lipinski definition) is 7. The van der Waals surface area contributed by atoms with Crippen molar-refractivity contribution < 1.29 is 33.5 Å². The third-order valence-corrected chi connectivity index (χ3v) is 7.22. The smallest absolute Gasteiger partial charge is 0.316 e. The molecule has 0 saturated carbocycles. The molecule has 1 aliphatic rings. The van der Waals surface area contributed by atoms with Gasteiger partial charge in [-0.05, 0) is 43.2 Å². The maximum absolute atomic E-state index is 13.8. The van der Waals surface area contributed by atoms with Gasteiger partial charge in [0.1, 0.15) is 17.8 Å². The average molecular weight is 600 g/mol. The molecule has 1 aliphatic heterocycles. The summed E-state index contributed by atoms with van der Waals surface area (Å²) in [4.78, 5) is 79.3. The Morgan fingerprint density at radius 1 is 1.05 bits per heavy atom. The van der Waals surface area contributed by atoms with E-state index in [2.05, 4.69) is 27.8 Å². The highest BCUT2D eigenvalue weighted by atomic mass is 16.5. The van der Waals surface area contributed by atoms with Gasteiger partial charge in [-0.15, -0.1) is 6.58 Å². The number of urea groups is 1. The van der Waals surface area contributed by atoms with Crippen molar-refractivity contribution in [1.82, 2.24) is 26.2 Å². The summed E-state index contributed by atoms with van der Waals surface area (Å²) >= 11 is 0. The van der Waals surface area contributed by atoms with Gasteiger partial charge in [0.15, 0.2) is 5.78 Å². The predicted octanol–water partition coefficient (Wildman–Crippen LogP) is 1.98. The maximum atomic E-state index is 13.8. The van der Waals surface area contributed by atoms with Crippen molar-refractivity contribution in [1.29, 1.82) is 0 Å². The highest BCUT2D eigenvalue weighted by Gasteiger charge is 2.43. The van der Waals surface area contributed by atoms with E-state index in [0.29, 0.717) is 24.2 Å². The van der Waals surface area contributed by atoms with Gasteiger partial charge in [0.05, 0.1) is 24.8 Å². The molecule has 1 heterocycles. The van der Waals surface area contributed by atoms with Crippen molar-refractivity contribution in [2.75, 3.05) is 20.2 Å². The van der Waals surface area contributed by atoms with E-state index in [1.165, 1.54) is 25.0 Å². The number of rotatable bonds is 13. The molecule has 43 heavy (non-hydrogen) atoms. The van der Waals surface area contributed by atoms with Gasteiger partial charge in [0, 0.05) is 13.1 Å². The molecule has 4 N–H and O–H groups in total. The van der Waals surface area contributed by atoms with E-state index in [1.807, 2.05) is 0 Å². The van der Waals surface area contributed by atoms with Crippen LogP contribution < -0.4 is 26.0 Å². The SMILES string of the molecule is C=CCNC(=O)C(=O)C(C)NC(=O)C1CCCN1C(=O)C(NC(=O)NC(C(=O)c1ccccc1OC)C(C)C)C(C)(C)C. The zero-order chi connectivity index (χ0) is 32.5. The summed E-state index contributed by atoms with van der Waals surface area (Å²) in [6, 6.07) is 2.09. The number of para-hydroxylation sites is 1. The second kappa shape index (κ2) is 15.3. The number of methoxy groups -OCH3 is 1. The van der Waals surface area contributed by atoms with E-state index >= 15 is 0 Å². The number of nitrogens with one attached hydrogen (secondary N) is 4. The van der Waals surface area contributed by atoms with Crippen molar-refractivity contribution in [2.45, 2.75) is 78.6 Å². The lowest BCUT2D eigenvalue weighted by molar-refractivity contribution is -0.143. The Labute approximate surface area is 253 Å². The van der Waals surface area contributed by atoms with Gasteiger partial charge in [0.2, 0.25) is 17.6 Å². The number of likely N-dealkylation sites (tertiary alicyclic amines) is 1. The van der Waals surface area contributed by atoms with Gasteiger partial charge < -0.3 is 30.9 Å². The number of amides is 5. The fraction of sp³-hybridized carbons (Fsp3) is 0.548. The number of Topliss-reactive ketones (excluding diaryl/α,β-unsaturated/α-hetero) is 2. The van der Waals surface area contributed by atoms with Crippen LogP contribution in [0, 0.1) is 11.3 Å². The molecule has 5 amide bonds. The van der Waals surface area contributed by atoms with Crippen LogP contribution in [-0.2, 0) is 19.2 Å². The zero-order valence-corrected chi connectivity index (χ0v) is 26.1. The second-order valence-electron chi connectivity index (χ2n) is 12.0. The van der Waals surface area contributed by atoms with Crippen molar-refractivity contribution in [3.63, 3.8) is 0 Å². The van der Waals surface area contributed by atoms with Crippen LogP contribution in [-0.4, -0.2) is 84.6 Å². The van der Waals surface area contributed by atoms with Crippen molar-refractivity contribution in [3.05, 3.63) is 42.5 Å². The quantitative estimate of drug-likeness (QED) is 0.153. The van der Waals surface area contributed by atoms with E-state index in [0.717, 1.165) is 0 Å². The molecule has 1 fully saturated rings. The summed E-state index contributed by atoms with van der Waals surface area (Å²) in [5, 5.41) is 10.4. The molecule has 0 radical (unpaired) electrons. The van der Waals surface area contributed by atoms with Crippen LogP contribution in [0.25, 0.3) is 0 Å². The minimum absolute atomic E-state index is 0.109. The highest BCUT2D eigenvalue weighted by Crippen LogP contribution is 2.26. The largest absolute Gasteiger partial charge is 0.496 e. The van der Waals surface area contributed by atoms with Crippen LogP contribution >= 0.6 is 0 Å². The van der Waals surface area contributed by atoms with Crippen LogP contribution in [0.15, 0.2) is 36.9 Å². The van der Waals surface area contributed by atoms with Crippen LogP contribution in [0.3, 0.4) is 0 Å². The first-order valence-electron chi connectivity index (χ1n) is 14.4. The summed E-state index contributed by atoms with van der Waals surface area (Å²) in [5.41, 5.74) is -0.436. The molecule has 4 unspecified atom stereocenters. The zero-order valence-electron chi connectivity index (χ0n) is 26.1. The number of ketones is 2. The van der Waals surface area contributed by atoms with Crippen molar-refractivity contribution >= 4 is 35.3 Å². The summed E-state index contributed by atoms with van der Waals surface area (Å²) in [7, 11) is 1.46. The highest BCUT2D eigenvalue weighted by molar-refractivity contribution is 6.38. The fourth-order valence-electron chi connectivity index (χ4n) is 4.81. The van der Waals surface area contributed by atoms with Crippen LogP contribution in [0.1, 0.15) is 64.7 Å². The number of hydrogen-bond donors (Lipinski definition) is 4. The molecule has 0 bridgehead atoms. The average Bonchev–Trinajstić information content (AvgIpc) is 3.46. The molecule has 236 valence electrons. The lowest BCUT2D eigenvalue weighted by atomic mass is 9.85. The van der Waals surface area contributed by atoms with Gasteiger partial charge in [-0.1, -0.05) is 52.8 Å². The number of benzene rings is 1. The molecule has 0 spiro atoms. The lowest BCUT2D eigenvalue weighted by Gasteiger charge is -2.36. The van der Waals surface area contributed by atoms with Gasteiger partial charge >= 0.3 is 6.03 Å². The first-order chi connectivity index (χ1) is 20.1. The monoisotopic (exact) mass is 599 g/mol. The Morgan fingerprint density at radius 3 is 2.28 bits per heavy atom. The molecule has 2 rings (SSSR count). The minimum atomic E-state index is -1.11. The topological polar surface area (TPSA) is 163 Å². The number of carbonyl (C=O) groups excluding carboxylic acids is 6. The first-order valence-corrected chi connectivity index (χ1v) is 14.4. The van der Waals surface area contributed by atoms with Crippen molar-refractivity contribution in [3.8, 4) is 5.75 Å². The molecular weight excluding hydrogens is 554 g/mol. The van der Waals surface area contributed by atoms with E-state index < -0.39 is 59.1 Å². The number of nitrogens with zero attached hydrogens (tertiary/aromatic N) is 1. The van der Waals surface area contributed by atoms with E-state index in [1.54, 1.807) is 58.9 Å².